The molecule has 3 rings (SSSR count). The summed E-state index contributed by atoms with van der Waals surface area (Å²) in [4.78, 5) is 20.9. The minimum Gasteiger partial charge on any atom is -0.343 e. The Morgan fingerprint density at radius 2 is 2.15 bits per heavy atom. The summed E-state index contributed by atoms with van der Waals surface area (Å²) < 4.78 is 2.08. The van der Waals surface area contributed by atoms with Gasteiger partial charge in [0.25, 0.3) is 5.91 Å². The molecule has 0 N–H and O–H groups in total. The molecule has 0 saturated carbocycles. The Morgan fingerprint density at radius 1 is 1.35 bits per heavy atom. The second kappa shape index (κ2) is 7.99. The van der Waals surface area contributed by atoms with Crippen molar-refractivity contribution in [2.45, 2.75) is 46.3 Å². The smallest absolute Gasteiger partial charge is 0.274 e. The van der Waals surface area contributed by atoms with Crippen LogP contribution in [0.1, 0.15) is 47.6 Å². The molecule has 0 bridgehead atoms. The van der Waals surface area contributed by atoms with Crippen molar-refractivity contribution in [3.8, 4) is 0 Å². The van der Waals surface area contributed by atoms with E-state index in [0.29, 0.717) is 11.6 Å². The van der Waals surface area contributed by atoms with E-state index in [1.807, 2.05) is 12.3 Å². The minimum atomic E-state index is -0.00669. The number of nitrogens with zero attached hydrogens (tertiary/aromatic N) is 5. The molecule has 0 saturated heterocycles. The van der Waals surface area contributed by atoms with Crippen molar-refractivity contribution in [2.24, 2.45) is 5.92 Å². The predicted molar refractivity (Wildman–Crippen MR) is 102 cm³/mol. The van der Waals surface area contributed by atoms with Crippen LogP contribution >= 0.6 is 0 Å². The maximum atomic E-state index is 12.7. The summed E-state index contributed by atoms with van der Waals surface area (Å²) >= 11 is 0. The lowest BCUT2D eigenvalue weighted by atomic mass is 10.0. The van der Waals surface area contributed by atoms with Crippen molar-refractivity contribution in [2.75, 3.05) is 20.6 Å². The largest absolute Gasteiger partial charge is 0.343 e. The summed E-state index contributed by atoms with van der Waals surface area (Å²) in [6.45, 7) is 7.91. The van der Waals surface area contributed by atoms with Crippen LogP contribution in [0.4, 0.5) is 0 Å². The maximum Gasteiger partial charge on any atom is 0.274 e. The molecule has 6 nitrogen and oxygen atoms in total. The molecule has 0 aliphatic carbocycles. The quantitative estimate of drug-likeness (QED) is 0.799. The van der Waals surface area contributed by atoms with Gasteiger partial charge in [-0.3, -0.25) is 19.4 Å². The Morgan fingerprint density at radius 3 is 2.81 bits per heavy atom. The van der Waals surface area contributed by atoms with Crippen molar-refractivity contribution in [1.29, 1.82) is 0 Å². The Kier molecular flexibility index (Phi) is 5.71. The molecule has 3 heterocycles. The number of hydrogen-bond acceptors (Lipinski definition) is 4. The lowest BCUT2D eigenvalue weighted by molar-refractivity contribution is 0.0818. The Balaban J connectivity index is 1.85. The second-order valence-corrected chi connectivity index (χ2v) is 7.70. The third kappa shape index (κ3) is 4.12. The first-order valence-electron chi connectivity index (χ1n) is 9.37. The highest BCUT2D eigenvalue weighted by Gasteiger charge is 2.28. The second-order valence-electron chi connectivity index (χ2n) is 7.70. The van der Waals surface area contributed by atoms with Crippen molar-refractivity contribution >= 4 is 5.91 Å². The van der Waals surface area contributed by atoms with Gasteiger partial charge in [-0.05, 0) is 24.0 Å². The van der Waals surface area contributed by atoms with Crippen LogP contribution in [0.25, 0.3) is 0 Å². The lowest BCUT2D eigenvalue weighted by Gasteiger charge is -2.28. The molecule has 1 amide bonds. The standard InChI is InChI=1S/C20H29N5O/c1-15(2)7-11-25-18-8-10-24(13-16-6-5-9-21-12-16)14-17(18)19(22-25)20(26)23(3)4/h5-6,9,12,15H,7-8,10-11,13-14H2,1-4H3. The lowest BCUT2D eigenvalue weighted by Crippen LogP contribution is -2.32. The molecule has 0 unspecified atom stereocenters. The highest BCUT2D eigenvalue weighted by atomic mass is 16.2. The summed E-state index contributed by atoms with van der Waals surface area (Å²) in [5.41, 5.74) is 4.15. The first-order valence-corrected chi connectivity index (χ1v) is 9.37. The fraction of sp³-hybridized carbons (Fsp3) is 0.550. The van der Waals surface area contributed by atoms with Crippen molar-refractivity contribution in [1.82, 2.24) is 24.6 Å². The van der Waals surface area contributed by atoms with Crippen molar-refractivity contribution in [3.05, 3.63) is 47.0 Å². The normalized spacial score (nSPS) is 14.5. The van der Waals surface area contributed by atoms with Gasteiger partial charge in [-0.25, -0.2) is 0 Å². The van der Waals surface area contributed by atoms with E-state index in [1.54, 1.807) is 25.2 Å². The van der Waals surface area contributed by atoms with Crippen LogP contribution in [-0.2, 0) is 26.1 Å². The van der Waals surface area contributed by atoms with Gasteiger partial charge in [0.05, 0.1) is 0 Å². The molecule has 0 spiro atoms. The van der Waals surface area contributed by atoms with Gasteiger partial charge in [-0.15, -0.1) is 0 Å². The van der Waals surface area contributed by atoms with E-state index in [4.69, 9.17) is 5.10 Å². The molecule has 1 aliphatic rings. The average molecular weight is 355 g/mol. The highest BCUT2D eigenvalue weighted by Crippen LogP contribution is 2.25. The van der Waals surface area contributed by atoms with Crippen LogP contribution in [0, 0.1) is 5.92 Å². The van der Waals surface area contributed by atoms with Crippen molar-refractivity contribution < 1.29 is 4.79 Å². The van der Waals surface area contributed by atoms with E-state index >= 15 is 0 Å². The predicted octanol–water partition coefficient (Wildman–Crippen LogP) is 2.58. The van der Waals surface area contributed by atoms with Crippen LogP contribution in [0.2, 0.25) is 0 Å². The van der Waals surface area contributed by atoms with Gasteiger partial charge in [0.15, 0.2) is 5.69 Å². The van der Waals surface area contributed by atoms with Gasteiger partial charge in [-0.2, -0.15) is 5.10 Å². The summed E-state index contributed by atoms with van der Waals surface area (Å²) in [5.74, 6) is 0.612. The maximum absolute atomic E-state index is 12.7. The fourth-order valence-electron chi connectivity index (χ4n) is 3.38. The van der Waals surface area contributed by atoms with E-state index in [1.165, 1.54) is 11.3 Å². The van der Waals surface area contributed by atoms with Crippen LogP contribution in [0.3, 0.4) is 0 Å². The number of carbonyl (C=O) groups is 1. The number of aromatic nitrogens is 3. The third-order valence-corrected chi connectivity index (χ3v) is 4.87. The molecule has 2 aromatic rings. The van der Waals surface area contributed by atoms with Gasteiger partial charge in [-0.1, -0.05) is 19.9 Å². The number of carbonyl (C=O) groups excluding carboxylic acids is 1. The molecule has 26 heavy (non-hydrogen) atoms. The number of pyridine rings is 1. The number of rotatable bonds is 6. The van der Waals surface area contributed by atoms with Gasteiger partial charge in [0.1, 0.15) is 0 Å². The Hall–Kier alpha value is -2.21. The Labute approximate surface area is 155 Å². The molecule has 1 aliphatic heterocycles. The molecular formula is C20H29N5O. The molecule has 0 aromatic carbocycles. The Bertz CT molecular complexity index is 751. The summed E-state index contributed by atoms with van der Waals surface area (Å²) in [5, 5.41) is 4.71. The molecule has 0 radical (unpaired) electrons. The third-order valence-electron chi connectivity index (χ3n) is 4.87. The first kappa shape index (κ1) is 18.6. The summed E-state index contributed by atoms with van der Waals surface area (Å²) in [7, 11) is 3.58. The highest BCUT2D eigenvalue weighted by molar-refractivity contribution is 5.93. The molecule has 0 fully saturated rings. The molecule has 6 heteroatoms. The first-order chi connectivity index (χ1) is 12.5. The van der Waals surface area contributed by atoms with E-state index in [0.717, 1.165) is 44.6 Å². The zero-order chi connectivity index (χ0) is 18.7. The molecule has 140 valence electrons. The monoisotopic (exact) mass is 355 g/mol. The molecular weight excluding hydrogens is 326 g/mol. The molecule has 0 atom stereocenters. The minimum absolute atomic E-state index is 0.00669. The number of amides is 1. The number of aryl methyl sites for hydroxylation is 1. The molecule has 2 aromatic heterocycles. The SMILES string of the molecule is CC(C)CCn1nc(C(=O)N(C)C)c2c1CCN(Cc1cccnc1)C2. The van der Waals surface area contributed by atoms with Crippen LogP contribution in [0.15, 0.2) is 24.5 Å². The van der Waals surface area contributed by atoms with Crippen LogP contribution in [0.5, 0.6) is 0 Å². The van der Waals surface area contributed by atoms with E-state index < -0.39 is 0 Å². The topological polar surface area (TPSA) is 54.3 Å². The van der Waals surface area contributed by atoms with E-state index in [-0.39, 0.29) is 5.91 Å². The van der Waals surface area contributed by atoms with Gasteiger partial charge in [0.2, 0.25) is 0 Å². The zero-order valence-corrected chi connectivity index (χ0v) is 16.3. The summed E-state index contributed by atoms with van der Waals surface area (Å²) in [6, 6.07) is 4.07. The van der Waals surface area contributed by atoms with E-state index in [2.05, 4.69) is 34.5 Å². The van der Waals surface area contributed by atoms with E-state index in [9.17, 15) is 4.79 Å². The van der Waals surface area contributed by atoms with Crippen molar-refractivity contribution in [3.63, 3.8) is 0 Å². The fourth-order valence-corrected chi connectivity index (χ4v) is 3.38. The summed E-state index contributed by atoms with van der Waals surface area (Å²) in [6.07, 6.45) is 5.71. The van der Waals surface area contributed by atoms with Gasteiger partial charge in [0, 0.05) is 70.3 Å². The van der Waals surface area contributed by atoms with Crippen LogP contribution < -0.4 is 0 Å². The van der Waals surface area contributed by atoms with Gasteiger partial charge < -0.3 is 4.90 Å². The average Bonchev–Trinajstić information content (AvgIpc) is 2.98. The number of fused-ring (bicyclic) bond motifs is 1. The number of hydrogen-bond donors (Lipinski definition) is 0. The van der Waals surface area contributed by atoms with Gasteiger partial charge >= 0.3 is 0 Å². The van der Waals surface area contributed by atoms with Crippen LogP contribution in [-0.4, -0.2) is 51.1 Å². The zero-order valence-electron chi connectivity index (χ0n) is 16.3.